The molecule has 2 unspecified atom stereocenters. The average Bonchev–Trinajstić information content (AvgIpc) is 2.02. The van der Waals surface area contributed by atoms with Crippen molar-refractivity contribution in [3.8, 4) is 0 Å². The maximum absolute atomic E-state index is 14.0. The van der Waals surface area contributed by atoms with Gasteiger partial charge in [-0.1, -0.05) is 0 Å². The summed E-state index contributed by atoms with van der Waals surface area (Å²) in [6, 6.07) is 0. The molecule has 1 aliphatic rings. The van der Waals surface area contributed by atoms with Gasteiger partial charge in [0, 0.05) is 12.5 Å². The zero-order chi connectivity index (χ0) is 10.8. The van der Waals surface area contributed by atoms with Crippen molar-refractivity contribution in [1.29, 1.82) is 0 Å². The highest BCUT2D eigenvalue weighted by Crippen LogP contribution is 2.30. The Morgan fingerprint density at radius 3 is 2.71 bits per heavy atom. The molecule has 0 aromatic heterocycles. The third-order valence-corrected chi connectivity index (χ3v) is 4.66. The lowest BCUT2D eigenvalue weighted by atomic mass is 9.88. The van der Waals surface area contributed by atoms with E-state index in [1.165, 1.54) is 6.92 Å². The second kappa shape index (κ2) is 4.14. The fourth-order valence-electron chi connectivity index (χ4n) is 1.99. The molecule has 3 nitrogen and oxygen atoms in total. The first-order valence-corrected chi connectivity index (χ1v) is 6.73. The summed E-state index contributed by atoms with van der Waals surface area (Å²) in [5.41, 5.74) is -1.41. The lowest BCUT2D eigenvalue weighted by Gasteiger charge is -2.32. The van der Waals surface area contributed by atoms with Crippen molar-refractivity contribution >= 4 is 9.84 Å². The number of sulfone groups is 1. The van der Waals surface area contributed by atoms with E-state index in [0.717, 1.165) is 0 Å². The van der Waals surface area contributed by atoms with Gasteiger partial charge in [-0.05, 0) is 26.8 Å². The molecule has 1 N–H and O–H groups in total. The molecule has 84 valence electrons. The van der Waals surface area contributed by atoms with Crippen LogP contribution in [0.2, 0.25) is 0 Å². The minimum absolute atomic E-state index is 0.00167. The normalized spacial score (nSPS) is 30.9. The molecule has 1 aliphatic heterocycles. The maximum atomic E-state index is 14.0. The minimum Gasteiger partial charge on any atom is -0.317 e. The highest BCUT2D eigenvalue weighted by atomic mass is 32.2. The van der Waals surface area contributed by atoms with E-state index in [0.29, 0.717) is 12.8 Å². The van der Waals surface area contributed by atoms with Gasteiger partial charge in [-0.3, -0.25) is 0 Å². The predicted octanol–water partition coefficient (Wildman–Crippen LogP) is 0.759. The van der Waals surface area contributed by atoms with E-state index in [1.54, 1.807) is 7.05 Å². The van der Waals surface area contributed by atoms with E-state index in [-0.39, 0.29) is 24.0 Å². The van der Waals surface area contributed by atoms with Gasteiger partial charge in [0.05, 0.1) is 11.5 Å². The Morgan fingerprint density at radius 1 is 1.57 bits per heavy atom. The van der Waals surface area contributed by atoms with Gasteiger partial charge >= 0.3 is 0 Å². The molecule has 0 bridgehead atoms. The Kier molecular flexibility index (Phi) is 3.53. The molecule has 2 atom stereocenters. The summed E-state index contributed by atoms with van der Waals surface area (Å²) in [5, 5.41) is 2.76. The molecule has 1 heterocycles. The van der Waals surface area contributed by atoms with Crippen LogP contribution in [0.4, 0.5) is 4.39 Å². The summed E-state index contributed by atoms with van der Waals surface area (Å²) in [6.07, 6.45) is 1.27. The maximum Gasteiger partial charge on any atom is 0.150 e. The summed E-state index contributed by atoms with van der Waals surface area (Å²) in [7, 11) is -1.33. The third kappa shape index (κ3) is 2.92. The molecule has 0 aromatic rings. The summed E-state index contributed by atoms with van der Waals surface area (Å²) < 4.78 is 36.6. The molecule has 0 saturated carbocycles. The minimum atomic E-state index is -3.00. The van der Waals surface area contributed by atoms with Gasteiger partial charge in [-0.2, -0.15) is 0 Å². The lowest BCUT2D eigenvalue weighted by Crippen LogP contribution is -2.44. The Hall–Kier alpha value is -0.160. The highest BCUT2D eigenvalue weighted by molar-refractivity contribution is 7.91. The molecule has 0 aromatic carbocycles. The van der Waals surface area contributed by atoms with Crippen LogP contribution in [0.1, 0.15) is 19.8 Å². The number of hydrogen-bond donors (Lipinski definition) is 1. The molecule has 0 spiro atoms. The molecule has 0 radical (unpaired) electrons. The van der Waals surface area contributed by atoms with Crippen molar-refractivity contribution in [1.82, 2.24) is 5.32 Å². The van der Waals surface area contributed by atoms with E-state index in [9.17, 15) is 12.8 Å². The molecule has 5 heteroatoms. The highest BCUT2D eigenvalue weighted by Gasteiger charge is 2.38. The van der Waals surface area contributed by atoms with E-state index in [2.05, 4.69) is 5.32 Å². The zero-order valence-electron chi connectivity index (χ0n) is 8.72. The Bertz CT molecular complexity index is 287. The molecule has 1 rings (SSSR count). The largest absolute Gasteiger partial charge is 0.317 e. The van der Waals surface area contributed by atoms with Crippen molar-refractivity contribution in [3.63, 3.8) is 0 Å². The second-order valence-corrected chi connectivity index (χ2v) is 6.49. The van der Waals surface area contributed by atoms with Crippen molar-refractivity contribution < 1.29 is 12.8 Å². The topological polar surface area (TPSA) is 46.2 Å². The Balaban J connectivity index is 2.69. The first-order valence-electron chi connectivity index (χ1n) is 4.91. The van der Waals surface area contributed by atoms with Crippen LogP contribution in [0, 0.1) is 5.92 Å². The first kappa shape index (κ1) is 11.9. The van der Waals surface area contributed by atoms with Crippen molar-refractivity contribution in [2.24, 2.45) is 5.92 Å². The smallest absolute Gasteiger partial charge is 0.150 e. The number of alkyl halides is 1. The van der Waals surface area contributed by atoms with E-state index >= 15 is 0 Å². The van der Waals surface area contributed by atoms with Crippen molar-refractivity contribution in [2.45, 2.75) is 25.4 Å². The van der Waals surface area contributed by atoms with Crippen LogP contribution >= 0.6 is 0 Å². The molecule has 1 saturated heterocycles. The van der Waals surface area contributed by atoms with E-state index in [4.69, 9.17) is 0 Å². The standard InChI is InChI=1S/C9H18FNO2S/c1-9(10,7-11-2)8-4-3-5-14(12,13)6-8/h8,11H,3-7H2,1-2H3. The molecule has 0 aliphatic carbocycles. The Labute approximate surface area is 85.0 Å². The monoisotopic (exact) mass is 223 g/mol. The van der Waals surface area contributed by atoms with Gasteiger partial charge in [-0.15, -0.1) is 0 Å². The van der Waals surface area contributed by atoms with Gasteiger partial charge in [0.15, 0.2) is 9.84 Å². The summed E-state index contributed by atoms with van der Waals surface area (Å²) >= 11 is 0. The number of halogens is 1. The van der Waals surface area contributed by atoms with Crippen LogP contribution in [0.15, 0.2) is 0 Å². The first-order chi connectivity index (χ1) is 6.37. The number of nitrogens with one attached hydrogen (secondary N) is 1. The van der Waals surface area contributed by atoms with Gasteiger partial charge in [-0.25, -0.2) is 12.8 Å². The molecule has 14 heavy (non-hydrogen) atoms. The molecular weight excluding hydrogens is 205 g/mol. The Morgan fingerprint density at radius 2 is 2.21 bits per heavy atom. The molecular formula is C9H18FNO2S. The van der Waals surface area contributed by atoms with Gasteiger partial charge in [0.2, 0.25) is 0 Å². The van der Waals surface area contributed by atoms with Crippen LogP contribution in [0.5, 0.6) is 0 Å². The molecule has 1 fully saturated rings. The average molecular weight is 223 g/mol. The van der Waals surface area contributed by atoms with Gasteiger partial charge < -0.3 is 5.32 Å². The lowest BCUT2D eigenvalue weighted by molar-refractivity contribution is 0.106. The van der Waals surface area contributed by atoms with Crippen LogP contribution < -0.4 is 5.32 Å². The SMILES string of the molecule is CNCC(C)(F)C1CCCS(=O)(=O)C1. The van der Waals surface area contributed by atoms with Crippen LogP contribution in [-0.2, 0) is 9.84 Å². The van der Waals surface area contributed by atoms with Crippen LogP contribution in [-0.4, -0.2) is 39.2 Å². The van der Waals surface area contributed by atoms with Crippen molar-refractivity contribution in [2.75, 3.05) is 25.1 Å². The summed E-state index contributed by atoms with van der Waals surface area (Å²) in [6.45, 7) is 1.70. The van der Waals surface area contributed by atoms with Crippen LogP contribution in [0.25, 0.3) is 0 Å². The fourth-order valence-corrected chi connectivity index (χ4v) is 3.89. The third-order valence-electron chi connectivity index (χ3n) is 2.84. The fraction of sp³-hybridized carbons (Fsp3) is 1.00. The predicted molar refractivity (Wildman–Crippen MR) is 54.8 cm³/mol. The zero-order valence-corrected chi connectivity index (χ0v) is 9.53. The summed E-state index contributed by atoms with van der Waals surface area (Å²) in [4.78, 5) is 0. The van der Waals surface area contributed by atoms with Gasteiger partial charge in [0.1, 0.15) is 5.67 Å². The van der Waals surface area contributed by atoms with Crippen molar-refractivity contribution in [3.05, 3.63) is 0 Å². The molecule has 0 amide bonds. The number of hydrogen-bond acceptors (Lipinski definition) is 3. The van der Waals surface area contributed by atoms with E-state index < -0.39 is 15.5 Å². The second-order valence-electron chi connectivity index (χ2n) is 4.26. The van der Waals surface area contributed by atoms with Gasteiger partial charge in [0.25, 0.3) is 0 Å². The van der Waals surface area contributed by atoms with E-state index in [1.807, 2.05) is 0 Å². The van der Waals surface area contributed by atoms with Crippen LogP contribution in [0.3, 0.4) is 0 Å². The number of rotatable bonds is 3. The summed E-state index contributed by atoms with van der Waals surface area (Å²) in [5.74, 6) is -0.130. The quantitative estimate of drug-likeness (QED) is 0.768.